The standard InChI is InChI=1S/C16H20BrNO2/c1-18(10-11-8-12(17)9-11)16(19)14-6-7-20-15-5-3-2-4-13(14)15/h2-5,11-12,14H,6-10H2,1H3. The van der Waals surface area contributed by atoms with Crippen LogP contribution in [0, 0.1) is 5.92 Å². The van der Waals surface area contributed by atoms with Gasteiger partial charge in [0.15, 0.2) is 0 Å². The monoisotopic (exact) mass is 337 g/mol. The fraction of sp³-hybridized carbons (Fsp3) is 0.562. The highest BCUT2D eigenvalue weighted by Crippen LogP contribution is 2.36. The van der Waals surface area contributed by atoms with E-state index in [9.17, 15) is 4.79 Å². The van der Waals surface area contributed by atoms with Crippen LogP contribution in [0.3, 0.4) is 0 Å². The van der Waals surface area contributed by atoms with Crippen molar-refractivity contribution in [3.8, 4) is 5.75 Å². The number of hydrogen-bond acceptors (Lipinski definition) is 2. The number of para-hydroxylation sites is 1. The zero-order valence-electron chi connectivity index (χ0n) is 11.7. The first kappa shape index (κ1) is 13.9. The van der Waals surface area contributed by atoms with Gasteiger partial charge in [0.1, 0.15) is 5.75 Å². The number of amides is 1. The molecule has 0 N–H and O–H groups in total. The normalized spacial score (nSPS) is 28.0. The number of carbonyl (C=O) groups excluding carboxylic acids is 1. The summed E-state index contributed by atoms with van der Waals surface area (Å²) in [6.45, 7) is 1.51. The first-order valence-corrected chi connectivity index (χ1v) is 8.17. The second-order valence-electron chi connectivity index (χ2n) is 5.88. The predicted molar refractivity (Wildman–Crippen MR) is 82.4 cm³/mol. The van der Waals surface area contributed by atoms with Crippen molar-refractivity contribution in [2.75, 3.05) is 20.2 Å². The van der Waals surface area contributed by atoms with Gasteiger partial charge in [0, 0.05) is 24.0 Å². The van der Waals surface area contributed by atoms with Gasteiger partial charge in [-0.25, -0.2) is 0 Å². The van der Waals surface area contributed by atoms with Crippen molar-refractivity contribution in [3.63, 3.8) is 0 Å². The van der Waals surface area contributed by atoms with Crippen LogP contribution < -0.4 is 4.74 Å². The fourth-order valence-electron chi connectivity index (χ4n) is 3.15. The van der Waals surface area contributed by atoms with Gasteiger partial charge in [-0.05, 0) is 31.2 Å². The molecule has 108 valence electrons. The lowest BCUT2D eigenvalue weighted by molar-refractivity contribution is -0.133. The Hall–Kier alpha value is -1.03. The van der Waals surface area contributed by atoms with Gasteiger partial charge < -0.3 is 9.64 Å². The van der Waals surface area contributed by atoms with Crippen LogP contribution in [0.1, 0.15) is 30.7 Å². The molecule has 0 radical (unpaired) electrons. The zero-order chi connectivity index (χ0) is 14.1. The molecule has 1 unspecified atom stereocenters. The summed E-state index contributed by atoms with van der Waals surface area (Å²) >= 11 is 3.61. The maximum atomic E-state index is 12.7. The summed E-state index contributed by atoms with van der Waals surface area (Å²) in [6, 6.07) is 7.91. The predicted octanol–water partition coefficient (Wildman–Crippen LogP) is 3.18. The lowest BCUT2D eigenvalue weighted by atomic mass is 9.84. The maximum absolute atomic E-state index is 12.7. The van der Waals surface area contributed by atoms with E-state index in [2.05, 4.69) is 15.9 Å². The molecule has 1 aromatic rings. The SMILES string of the molecule is CN(CC1CC(Br)C1)C(=O)C1CCOc2ccccc21. The van der Waals surface area contributed by atoms with Gasteiger partial charge in [-0.3, -0.25) is 4.79 Å². The molecule has 0 spiro atoms. The lowest BCUT2D eigenvalue weighted by Crippen LogP contribution is -2.40. The van der Waals surface area contributed by atoms with E-state index < -0.39 is 0 Å². The summed E-state index contributed by atoms with van der Waals surface area (Å²) in [5.74, 6) is 1.72. The van der Waals surface area contributed by atoms with Crippen molar-refractivity contribution in [3.05, 3.63) is 29.8 Å². The van der Waals surface area contributed by atoms with Gasteiger partial charge in [-0.1, -0.05) is 34.1 Å². The van der Waals surface area contributed by atoms with Gasteiger partial charge in [0.2, 0.25) is 5.91 Å². The van der Waals surface area contributed by atoms with Gasteiger partial charge >= 0.3 is 0 Å². The zero-order valence-corrected chi connectivity index (χ0v) is 13.3. The molecule has 1 saturated carbocycles. The number of nitrogens with zero attached hydrogens (tertiary/aromatic N) is 1. The Balaban J connectivity index is 1.68. The molecule has 1 fully saturated rings. The third-order valence-corrected chi connectivity index (χ3v) is 5.09. The minimum Gasteiger partial charge on any atom is -0.493 e. The van der Waals surface area contributed by atoms with E-state index in [4.69, 9.17) is 4.74 Å². The molecule has 0 bridgehead atoms. The number of rotatable bonds is 3. The summed E-state index contributed by atoms with van der Waals surface area (Å²) in [5, 5.41) is 0. The highest BCUT2D eigenvalue weighted by atomic mass is 79.9. The molecule has 1 atom stereocenters. The molecule has 1 aliphatic carbocycles. The fourth-order valence-corrected chi connectivity index (χ4v) is 4.20. The quantitative estimate of drug-likeness (QED) is 0.793. The molecule has 1 amide bonds. The van der Waals surface area contributed by atoms with Crippen LogP contribution in [0.25, 0.3) is 0 Å². The molecule has 2 aliphatic rings. The van der Waals surface area contributed by atoms with Crippen LogP contribution >= 0.6 is 15.9 Å². The molecular formula is C16H20BrNO2. The summed E-state index contributed by atoms with van der Waals surface area (Å²) in [4.78, 5) is 15.2. The number of carbonyl (C=O) groups is 1. The Morgan fingerprint density at radius 3 is 2.90 bits per heavy atom. The molecule has 3 nitrogen and oxygen atoms in total. The molecular weight excluding hydrogens is 318 g/mol. The van der Waals surface area contributed by atoms with Crippen LogP contribution in [0.4, 0.5) is 0 Å². The summed E-state index contributed by atoms with van der Waals surface area (Å²) in [5.41, 5.74) is 1.04. The smallest absolute Gasteiger partial charge is 0.230 e. The van der Waals surface area contributed by atoms with Crippen molar-refractivity contribution < 1.29 is 9.53 Å². The number of benzene rings is 1. The second-order valence-corrected chi connectivity index (χ2v) is 7.18. The first-order chi connectivity index (χ1) is 9.65. The van der Waals surface area contributed by atoms with E-state index in [1.165, 1.54) is 12.8 Å². The molecule has 1 aromatic carbocycles. The third-order valence-electron chi connectivity index (χ3n) is 4.34. The van der Waals surface area contributed by atoms with Crippen molar-refractivity contribution in [2.24, 2.45) is 5.92 Å². The first-order valence-electron chi connectivity index (χ1n) is 7.26. The lowest BCUT2D eigenvalue weighted by Gasteiger charge is -2.36. The van der Waals surface area contributed by atoms with E-state index in [-0.39, 0.29) is 11.8 Å². The Labute approximate surface area is 128 Å². The van der Waals surface area contributed by atoms with E-state index >= 15 is 0 Å². The number of hydrogen-bond donors (Lipinski definition) is 0. The van der Waals surface area contributed by atoms with Gasteiger partial charge in [-0.15, -0.1) is 0 Å². The van der Waals surface area contributed by atoms with Crippen molar-refractivity contribution in [1.29, 1.82) is 0 Å². The van der Waals surface area contributed by atoms with Crippen molar-refractivity contribution in [1.82, 2.24) is 4.90 Å². The second kappa shape index (κ2) is 5.76. The van der Waals surface area contributed by atoms with Crippen molar-refractivity contribution >= 4 is 21.8 Å². The minimum absolute atomic E-state index is 0.0372. The van der Waals surface area contributed by atoms with E-state index in [0.717, 1.165) is 24.3 Å². The van der Waals surface area contributed by atoms with E-state index in [1.807, 2.05) is 36.2 Å². The number of halogens is 1. The Bertz CT molecular complexity index is 499. The summed E-state index contributed by atoms with van der Waals surface area (Å²) < 4.78 is 5.63. The largest absolute Gasteiger partial charge is 0.493 e. The minimum atomic E-state index is -0.0372. The number of alkyl halides is 1. The number of fused-ring (bicyclic) bond motifs is 1. The Kier molecular flexibility index (Phi) is 4.01. The van der Waals surface area contributed by atoms with Gasteiger partial charge in [-0.2, -0.15) is 0 Å². The van der Waals surface area contributed by atoms with Crippen LogP contribution in [0.2, 0.25) is 0 Å². The van der Waals surface area contributed by atoms with Crippen molar-refractivity contribution in [2.45, 2.75) is 30.0 Å². The Morgan fingerprint density at radius 2 is 2.15 bits per heavy atom. The summed E-state index contributed by atoms with van der Waals surface area (Å²) in [6.07, 6.45) is 3.15. The van der Waals surface area contributed by atoms with Gasteiger partial charge in [0.05, 0.1) is 12.5 Å². The van der Waals surface area contributed by atoms with Gasteiger partial charge in [0.25, 0.3) is 0 Å². The van der Waals surface area contributed by atoms with E-state index in [1.54, 1.807) is 0 Å². The molecule has 0 aromatic heterocycles. The average Bonchev–Trinajstić information content (AvgIpc) is 2.44. The number of likely N-dealkylation sites (N-methyl/N-ethyl adjacent to an activating group) is 1. The molecule has 1 heterocycles. The van der Waals surface area contributed by atoms with Crippen LogP contribution in [0.5, 0.6) is 5.75 Å². The van der Waals surface area contributed by atoms with Crippen LogP contribution in [0.15, 0.2) is 24.3 Å². The maximum Gasteiger partial charge on any atom is 0.230 e. The summed E-state index contributed by atoms with van der Waals surface area (Å²) in [7, 11) is 1.93. The number of ether oxygens (including phenoxy) is 1. The molecule has 3 rings (SSSR count). The molecule has 4 heteroatoms. The van der Waals surface area contributed by atoms with E-state index in [0.29, 0.717) is 17.4 Å². The third kappa shape index (κ3) is 2.71. The average molecular weight is 338 g/mol. The topological polar surface area (TPSA) is 29.5 Å². The highest BCUT2D eigenvalue weighted by Gasteiger charge is 2.33. The molecule has 1 aliphatic heterocycles. The highest BCUT2D eigenvalue weighted by molar-refractivity contribution is 9.09. The van der Waals surface area contributed by atoms with Crippen LogP contribution in [-0.4, -0.2) is 35.8 Å². The van der Waals surface area contributed by atoms with Crippen LogP contribution in [-0.2, 0) is 4.79 Å². The molecule has 20 heavy (non-hydrogen) atoms. The molecule has 0 saturated heterocycles. The Morgan fingerprint density at radius 1 is 1.40 bits per heavy atom.